The average Bonchev–Trinajstić information content (AvgIpc) is 2.42. The molecule has 1 aromatic rings. The second-order valence-corrected chi connectivity index (χ2v) is 10.6. The first-order valence-electron chi connectivity index (χ1n) is 10.9. The van der Waals surface area contributed by atoms with Crippen LogP contribution in [0.4, 0.5) is 0 Å². The van der Waals surface area contributed by atoms with Gasteiger partial charge in [0.25, 0.3) is 0 Å². The molecule has 3 heteroatoms. The van der Waals surface area contributed by atoms with E-state index >= 15 is 0 Å². The predicted octanol–water partition coefficient (Wildman–Crippen LogP) is 6.95. The van der Waals surface area contributed by atoms with Gasteiger partial charge in [0.15, 0.2) is 0 Å². The Morgan fingerprint density at radius 1 is 0.893 bits per heavy atom. The molecule has 0 aromatic heterocycles. The van der Waals surface area contributed by atoms with Crippen molar-refractivity contribution in [2.75, 3.05) is 13.2 Å². The highest BCUT2D eigenvalue weighted by molar-refractivity contribution is 5.38. The molecule has 2 rings (SSSR count). The monoisotopic (exact) mass is 390 g/mol. The Hall–Kier alpha value is -1.22. The van der Waals surface area contributed by atoms with Crippen molar-refractivity contribution >= 4 is 0 Å². The van der Waals surface area contributed by atoms with Gasteiger partial charge in [-0.1, -0.05) is 34.1 Å². The molecule has 0 aliphatic carbocycles. The van der Waals surface area contributed by atoms with Crippen molar-refractivity contribution < 1.29 is 14.2 Å². The number of benzene rings is 1. The minimum atomic E-state index is -0.273. The van der Waals surface area contributed by atoms with Crippen LogP contribution in [0.3, 0.4) is 0 Å². The second kappa shape index (κ2) is 8.26. The maximum atomic E-state index is 6.52. The summed E-state index contributed by atoms with van der Waals surface area (Å²) in [5.41, 5.74) is 1.13. The van der Waals surface area contributed by atoms with Crippen LogP contribution in [-0.2, 0) is 4.74 Å². The van der Waals surface area contributed by atoms with E-state index in [4.69, 9.17) is 14.2 Å². The molecular weight excluding hydrogens is 348 g/mol. The van der Waals surface area contributed by atoms with E-state index in [1.54, 1.807) is 0 Å². The summed E-state index contributed by atoms with van der Waals surface area (Å²) in [5.74, 6) is 1.78. The Bertz CT molecular complexity index is 648. The van der Waals surface area contributed by atoms with Crippen molar-refractivity contribution in [3.63, 3.8) is 0 Å². The maximum absolute atomic E-state index is 6.52. The number of ether oxygens (including phenoxy) is 3. The van der Waals surface area contributed by atoms with Crippen LogP contribution < -0.4 is 9.47 Å². The van der Waals surface area contributed by atoms with E-state index in [9.17, 15) is 0 Å². The number of hydrogen-bond acceptors (Lipinski definition) is 3. The smallest absolute Gasteiger partial charge is 0.124 e. The van der Waals surface area contributed by atoms with E-state index in [1.807, 2.05) is 6.07 Å². The highest BCUT2D eigenvalue weighted by Crippen LogP contribution is 2.52. The molecule has 0 radical (unpaired) electrons. The first-order chi connectivity index (χ1) is 12.8. The molecule has 0 saturated carbocycles. The summed E-state index contributed by atoms with van der Waals surface area (Å²) >= 11 is 0. The molecule has 0 amide bonds. The molecule has 160 valence electrons. The van der Waals surface area contributed by atoms with Gasteiger partial charge in [0.1, 0.15) is 22.7 Å². The summed E-state index contributed by atoms with van der Waals surface area (Å²) < 4.78 is 18.4. The minimum absolute atomic E-state index is 0.149. The Labute approximate surface area is 173 Å². The topological polar surface area (TPSA) is 27.7 Å². The Kier molecular flexibility index (Phi) is 6.80. The van der Waals surface area contributed by atoms with Crippen molar-refractivity contribution in [2.24, 2.45) is 10.8 Å². The highest BCUT2D eigenvalue weighted by atomic mass is 16.5. The average molecular weight is 391 g/mol. The molecule has 1 aliphatic heterocycles. The third-order valence-corrected chi connectivity index (χ3v) is 6.40. The lowest BCUT2D eigenvalue weighted by molar-refractivity contribution is -0.189. The summed E-state index contributed by atoms with van der Waals surface area (Å²) in [6.45, 7) is 21.7. The lowest BCUT2D eigenvalue weighted by Crippen LogP contribution is -2.55. The van der Waals surface area contributed by atoms with Crippen LogP contribution in [0, 0.1) is 17.8 Å². The van der Waals surface area contributed by atoms with Crippen molar-refractivity contribution in [1.29, 1.82) is 0 Å². The molecule has 0 unspecified atom stereocenters. The van der Waals surface area contributed by atoms with Crippen LogP contribution in [0.15, 0.2) is 18.2 Å². The van der Waals surface area contributed by atoms with E-state index in [2.05, 4.69) is 74.4 Å². The van der Waals surface area contributed by atoms with Crippen LogP contribution in [0.1, 0.15) is 86.6 Å². The third-order valence-electron chi connectivity index (χ3n) is 6.40. The molecule has 3 nitrogen and oxygen atoms in total. The zero-order valence-electron chi connectivity index (χ0n) is 19.7. The Morgan fingerprint density at radius 3 is 1.86 bits per heavy atom. The van der Waals surface area contributed by atoms with Gasteiger partial charge in [0, 0.05) is 11.5 Å². The summed E-state index contributed by atoms with van der Waals surface area (Å²) in [6.07, 6.45) is 4.25. The quantitative estimate of drug-likeness (QED) is 0.432. The zero-order valence-corrected chi connectivity index (χ0v) is 19.7. The summed E-state index contributed by atoms with van der Waals surface area (Å²) in [5, 5.41) is 0. The van der Waals surface area contributed by atoms with Gasteiger partial charge in [-0.05, 0) is 77.0 Å². The van der Waals surface area contributed by atoms with Crippen LogP contribution in [-0.4, -0.2) is 24.4 Å². The van der Waals surface area contributed by atoms with E-state index in [0.29, 0.717) is 0 Å². The third kappa shape index (κ3) is 5.43. The fraction of sp³-hybridized carbons (Fsp3) is 0.760. The molecule has 0 spiro atoms. The summed E-state index contributed by atoms with van der Waals surface area (Å²) in [6, 6.07) is 6.25. The Morgan fingerprint density at radius 2 is 1.43 bits per heavy atom. The standard InChI is InChI=1S/C25H42O3/c1-10-12-23(6,7)27-20-13-19(3)14-21(15-20)28-24(8,9)16-22(4,5)25(11-2)17-26-18-25/h13-15H,10-12,16-18H2,1-9H3. The largest absolute Gasteiger partial charge is 0.488 e. The number of hydrogen-bond donors (Lipinski definition) is 0. The van der Waals surface area contributed by atoms with Gasteiger partial charge >= 0.3 is 0 Å². The van der Waals surface area contributed by atoms with Gasteiger partial charge in [-0.3, -0.25) is 0 Å². The van der Waals surface area contributed by atoms with Crippen LogP contribution in [0.25, 0.3) is 0 Å². The molecule has 0 bridgehead atoms. The zero-order chi connectivity index (χ0) is 21.2. The van der Waals surface area contributed by atoms with E-state index < -0.39 is 0 Å². The predicted molar refractivity (Wildman–Crippen MR) is 117 cm³/mol. The summed E-state index contributed by atoms with van der Waals surface area (Å²) in [7, 11) is 0. The van der Waals surface area contributed by atoms with Gasteiger partial charge in [0.2, 0.25) is 0 Å². The van der Waals surface area contributed by atoms with Gasteiger partial charge in [-0.2, -0.15) is 0 Å². The molecule has 0 atom stereocenters. The molecular formula is C25H42O3. The molecule has 1 saturated heterocycles. The van der Waals surface area contributed by atoms with Crippen LogP contribution >= 0.6 is 0 Å². The number of rotatable bonds is 10. The molecule has 0 N–H and O–H groups in total. The number of aryl methyl sites for hydroxylation is 1. The molecule has 1 aliphatic rings. The molecule has 28 heavy (non-hydrogen) atoms. The fourth-order valence-electron chi connectivity index (χ4n) is 4.83. The van der Waals surface area contributed by atoms with Crippen LogP contribution in [0.5, 0.6) is 11.5 Å². The lowest BCUT2D eigenvalue weighted by Gasteiger charge is -2.54. The molecule has 1 aromatic carbocycles. The van der Waals surface area contributed by atoms with E-state index in [1.165, 1.54) is 0 Å². The van der Waals surface area contributed by atoms with E-state index in [0.717, 1.165) is 56.0 Å². The minimum Gasteiger partial charge on any atom is -0.488 e. The SMILES string of the molecule is CCCC(C)(C)Oc1cc(C)cc(OC(C)(C)CC(C)(C)C2(CC)COC2)c1. The van der Waals surface area contributed by atoms with Gasteiger partial charge in [0.05, 0.1) is 13.2 Å². The van der Waals surface area contributed by atoms with Crippen molar-refractivity contribution in [2.45, 2.75) is 99.2 Å². The highest BCUT2D eigenvalue weighted by Gasteiger charge is 2.51. The lowest BCUT2D eigenvalue weighted by atomic mass is 9.59. The molecule has 1 fully saturated rings. The van der Waals surface area contributed by atoms with Gasteiger partial charge < -0.3 is 14.2 Å². The fourth-order valence-corrected chi connectivity index (χ4v) is 4.83. The second-order valence-electron chi connectivity index (χ2n) is 10.6. The van der Waals surface area contributed by atoms with Crippen molar-refractivity contribution in [3.05, 3.63) is 23.8 Å². The van der Waals surface area contributed by atoms with Gasteiger partial charge in [-0.15, -0.1) is 0 Å². The maximum Gasteiger partial charge on any atom is 0.124 e. The van der Waals surface area contributed by atoms with Crippen molar-refractivity contribution in [1.82, 2.24) is 0 Å². The van der Waals surface area contributed by atoms with E-state index in [-0.39, 0.29) is 22.0 Å². The molecule has 1 heterocycles. The van der Waals surface area contributed by atoms with Gasteiger partial charge in [-0.25, -0.2) is 0 Å². The van der Waals surface area contributed by atoms with Crippen LogP contribution in [0.2, 0.25) is 0 Å². The Balaban J connectivity index is 2.15. The first kappa shape index (κ1) is 23.1. The summed E-state index contributed by atoms with van der Waals surface area (Å²) in [4.78, 5) is 0. The van der Waals surface area contributed by atoms with Crippen molar-refractivity contribution in [3.8, 4) is 11.5 Å². The normalized spacial score (nSPS) is 17.2. The first-order valence-corrected chi connectivity index (χ1v) is 10.9.